The van der Waals surface area contributed by atoms with Gasteiger partial charge in [0.2, 0.25) is 0 Å². The molecule has 1 saturated heterocycles. The highest BCUT2D eigenvalue weighted by molar-refractivity contribution is 7.87. The molecule has 3 aromatic rings. The third-order valence-corrected chi connectivity index (χ3v) is 6.82. The molecule has 184 valence electrons. The fraction of sp³-hybridized carbons (Fsp3) is 0.0417. The van der Waals surface area contributed by atoms with Crippen LogP contribution >= 0.6 is 23.2 Å². The first kappa shape index (κ1) is 25.4. The van der Waals surface area contributed by atoms with Gasteiger partial charge in [0.15, 0.2) is 5.75 Å². The summed E-state index contributed by atoms with van der Waals surface area (Å²) in [5.41, 5.74) is 0.603. The second-order valence-corrected chi connectivity index (χ2v) is 9.96. The van der Waals surface area contributed by atoms with E-state index in [2.05, 4.69) is 0 Å². The molecule has 12 heteroatoms. The van der Waals surface area contributed by atoms with Crippen LogP contribution in [0.1, 0.15) is 11.1 Å². The molecule has 4 amide bonds. The van der Waals surface area contributed by atoms with Crippen molar-refractivity contribution in [2.24, 2.45) is 0 Å². The SMILES string of the molecule is Cc1ccc(S(=O)(=O)Oc2c(Cl)cc(/C=C3\C(=O)NC(=O)N(c4ccc(F)cc4)C3=O)cc2Cl)cc1. The van der Waals surface area contributed by atoms with Crippen molar-refractivity contribution < 1.29 is 31.4 Å². The Morgan fingerprint density at radius 2 is 1.53 bits per heavy atom. The van der Waals surface area contributed by atoms with Crippen LogP contribution in [0.4, 0.5) is 14.9 Å². The van der Waals surface area contributed by atoms with Crippen LogP contribution in [-0.4, -0.2) is 26.3 Å². The molecule has 4 rings (SSSR count). The van der Waals surface area contributed by atoms with E-state index >= 15 is 0 Å². The summed E-state index contributed by atoms with van der Waals surface area (Å²) >= 11 is 12.4. The maximum Gasteiger partial charge on any atom is 0.339 e. The van der Waals surface area contributed by atoms with Crippen molar-refractivity contribution in [2.75, 3.05) is 4.90 Å². The van der Waals surface area contributed by atoms with E-state index < -0.39 is 39.4 Å². The van der Waals surface area contributed by atoms with E-state index in [1.165, 1.54) is 36.4 Å². The van der Waals surface area contributed by atoms with E-state index in [4.69, 9.17) is 27.4 Å². The molecule has 0 aromatic heterocycles. The highest BCUT2D eigenvalue weighted by Crippen LogP contribution is 2.37. The van der Waals surface area contributed by atoms with Crippen LogP contribution < -0.4 is 14.4 Å². The van der Waals surface area contributed by atoms with E-state index in [1.54, 1.807) is 19.1 Å². The molecular formula is C24H15Cl2FN2O6S. The van der Waals surface area contributed by atoms with Crippen molar-refractivity contribution in [2.45, 2.75) is 11.8 Å². The van der Waals surface area contributed by atoms with E-state index in [-0.39, 0.29) is 31.9 Å². The number of benzene rings is 3. The van der Waals surface area contributed by atoms with Gasteiger partial charge in [0.1, 0.15) is 16.3 Å². The quantitative estimate of drug-likeness (QED) is 0.276. The predicted molar refractivity (Wildman–Crippen MR) is 131 cm³/mol. The molecule has 1 fully saturated rings. The average Bonchev–Trinajstić information content (AvgIpc) is 2.80. The third kappa shape index (κ3) is 5.11. The second-order valence-electron chi connectivity index (χ2n) is 7.60. The Morgan fingerprint density at radius 1 is 0.944 bits per heavy atom. The summed E-state index contributed by atoms with van der Waals surface area (Å²) in [4.78, 5) is 38.1. The fourth-order valence-corrected chi connectivity index (χ4v) is 4.89. The van der Waals surface area contributed by atoms with Gasteiger partial charge in [-0.05, 0) is 67.1 Å². The Labute approximate surface area is 215 Å². The topological polar surface area (TPSA) is 110 Å². The molecule has 0 saturated carbocycles. The van der Waals surface area contributed by atoms with Gasteiger partial charge in [-0.25, -0.2) is 14.1 Å². The van der Waals surface area contributed by atoms with Gasteiger partial charge in [-0.1, -0.05) is 40.9 Å². The largest absolute Gasteiger partial charge is 0.376 e. The number of nitrogens with one attached hydrogen (secondary N) is 1. The lowest BCUT2D eigenvalue weighted by atomic mass is 10.1. The normalized spacial score (nSPS) is 15.3. The van der Waals surface area contributed by atoms with Crippen molar-refractivity contribution >= 4 is 62.9 Å². The van der Waals surface area contributed by atoms with E-state index in [1.807, 2.05) is 5.32 Å². The molecule has 36 heavy (non-hydrogen) atoms. The molecule has 0 unspecified atom stereocenters. The third-order valence-electron chi connectivity index (χ3n) is 5.02. The number of nitrogens with zero attached hydrogens (tertiary/aromatic N) is 1. The van der Waals surface area contributed by atoms with E-state index in [0.29, 0.717) is 4.90 Å². The Balaban J connectivity index is 1.66. The fourth-order valence-electron chi connectivity index (χ4n) is 3.25. The van der Waals surface area contributed by atoms with Crippen LogP contribution in [0, 0.1) is 12.7 Å². The number of hydrogen-bond donors (Lipinski definition) is 1. The van der Waals surface area contributed by atoms with Gasteiger partial charge in [-0.15, -0.1) is 0 Å². The Hall–Kier alpha value is -3.73. The first-order chi connectivity index (χ1) is 17.0. The van der Waals surface area contributed by atoms with E-state index in [9.17, 15) is 27.2 Å². The molecule has 3 aromatic carbocycles. The number of halogens is 3. The first-order valence-electron chi connectivity index (χ1n) is 10.1. The van der Waals surface area contributed by atoms with Gasteiger partial charge in [0, 0.05) is 0 Å². The highest BCUT2D eigenvalue weighted by atomic mass is 35.5. The van der Waals surface area contributed by atoms with Crippen molar-refractivity contribution in [1.29, 1.82) is 0 Å². The number of rotatable bonds is 5. The summed E-state index contributed by atoms with van der Waals surface area (Å²) in [5, 5.41) is 1.62. The summed E-state index contributed by atoms with van der Waals surface area (Å²) in [6, 6.07) is 11.9. The summed E-state index contributed by atoms with van der Waals surface area (Å²) in [5.74, 6) is -2.86. The molecule has 1 aliphatic heterocycles. The van der Waals surface area contributed by atoms with E-state index in [0.717, 1.165) is 23.8 Å². The van der Waals surface area contributed by atoms with Gasteiger partial charge in [-0.3, -0.25) is 14.9 Å². The number of imide groups is 2. The molecule has 1 N–H and O–H groups in total. The van der Waals surface area contributed by atoms with Crippen molar-refractivity contribution in [3.8, 4) is 5.75 Å². The number of barbiturate groups is 1. The van der Waals surface area contributed by atoms with Crippen LogP contribution in [0.5, 0.6) is 5.75 Å². The molecule has 0 aliphatic carbocycles. The van der Waals surface area contributed by atoms with Crippen LogP contribution in [-0.2, 0) is 19.7 Å². The summed E-state index contributed by atoms with van der Waals surface area (Å²) < 4.78 is 43.6. The molecule has 0 atom stereocenters. The smallest absolute Gasteiger partial charge is 0.339 e. The van der Waals surface area contributed by atoms with Crippen LogP contribution in [0.3, 0.4) is 0 Å². The molecule has 0 spiro atoms. The summed E-state index contributed by atoms with van der Waals surface area (Å²) in [6.45, 7) is 1.80. The average molecular weight is 549 g/mol. The van der Waals surface area contributed by atoms with Gasteiger partial charge < -0.3 is 4.18 Å². The molecule has 1 aliphatic rings. The van der Waals surface area contributed by atoms with Gasteiger partial charge >= 0.3 is 16.1 Å². The van der Waals surface area contributed by atoms with Crippen LogP contribution in [0.25, 0.3) is 6.08 Å². The van der Waals surface area contributed by atoms with Gasteiger partial charge in [-0.2, -0.15) is 8.42 Å². The van der Waals surface area contributed by atoms with Gasteiger partial charge in [0.25, 0.3) is 11.8 Å². The lowest BCUT2D eigenvalue weighted by Crippen LogP contribution is -2.54. The zero-order valence-corrected chi connectivity index (χ0v) is 20.6. The zero-order chi connectivity index (χ0) is 26.2. The van der Waals surface area contributed by atoms with Crippen molar-refractivity contribution in [3.05, 3.63) is 93.2 Å². The molecule has 0 radical (unpaired) electrons. The number of amides is 4. The van der Waals surface area contributed by atoms with Crippen LogP contribution in [0.15, 0.2) is 71.1 Å². The molecule has 8 nitrogen and oxygen atoms in total. The minimum absolute atomic E-state index is 0.0402. The molecular weight excluding hydrogens is 534 g/mol. The molecule has 1 heterocycles. The lowest BCUT2D eigenvalue weighted by Gasteiger charge is -2.26. The highest BCUT2D eigenvalue weighted by Gasteiger charge is 2.37. The van der Waals surface area contributed by atoms with Crippen LogP contribution in [0.2, 0.25) is 10.0 Å². The monoisotopic (exact) mass is 548 g/mol. The summed E-state index contributed by atoms with van der Waals surface area (Å²) in [6.07, 6.45) is 1.12. The predicted octanol–water partition coefficient (Wildman–Crippen LogP) is 4.88. The summed E-state index contributed by atoms with van der Waals surface area (Å²) in [7, 11) is -4.25. The first-order valence-corrected chi connectivity index (χ1v) is 12.3. The minimum atomic E-state index is -4.25. The maximum atomic E-state index is 13.3. The van der Waals surface area contributed by atoms with Gasteiger partial charge in [0.05, 0.1) is 15.7 Å². The van der Waals surface area contributed by atoms with Crippen molar-refractivity contribution in [3.63, 3.8) is 0 Å². The Kier molecular flexibility index (Phi) is 6.85. The number of carbonyl (C=O) groups excluding carboxylic acids is 3. The lowest BCUT2D eigenvalue weighted by molar-refractivity contribution is -0.122. The second kappa shape index (κ2) is 9.73. The number of anilines is 1. The van der Waals surface area contributed by atoms with Crippen molar-refractivity contribution in [1.82, 2.24) is 5.32 Å². The Bertz CT molecular complexity index is 1510. The number of aryl methyl sites for hydroxylation is 1. The maximum absolute atomic E-state index is 13.3. The zero-order valence-electron chi connectivity index (χ0n) is 18.3. The standard InChI is InChI=1S/C24H15Cl2FN2O6S/c1-13-2-8-17(9-3-13)36(33,34)35-21-19(25)11-14(12-20(21)26)10-18-22(30)28-24(32)29(23(18)31)16-6-4-15(27)5-7-16/h2-12H,1H3,(H,28,30,32)/b18-10+. The number of hydrogen-bond acceptors (Lipinski definition) is 6. The Morgan fingerprint density at radius 3 is 2.11 bits per heavy atom. The molecule has 0 bridgehead atoms. The number of urea groups is 1. The number of carbonyl (C=O) groups is 3. The minimum Gasteiger partial charge on any atom is -0.376 e.